The number of rotatable bonds is 3. The van der Waals surface area contributed by atoms with Crippen molar-refractivity contribution in [1.29, 1.82) is 0 Å². The largest absolute Gasteiger partial charge is 0.493 e. The van der Waals surface area contributed by atoms with Crippen LogP contribution >= 0.6 is 11.6 Å². The Kier molecular flexibility index (Phi) is 13.3. The molecule has 0 bridgehead atoms. The maximum Gasteiger partial charge on any atom is 0.252 e. The van der Waals surface area contributed by atoms with Crippen molar-refractivity contribution in [1.82, 2.24) is 0 Å². The standard InChI is InChI=1S/C29H9ClO3/c1-3-4-5-6-7-8-9-10-11-12-13-14-15-16-17-18-19-20-21-24-33-27-23-22-26(29(30)31)25-28(27)32-2/h22-23,25H,1-2H3. The molecule has 0 atom stereocenters. The minimum Gasteiger partial charge on any atom is -0.493 e. The zero-order valence-corrected chi connectivity index (χ0v) is 18.1. The molecule has 0 aliphatic rings. The van der Waals surface area contributed by atoms with Gasteiger partial charge in [-0.25, -0.2) is 0 Å². The predicted molar refractivity (Wildman–Crippen MR) is 127 cm³/mol. The first-order valence-electron chi connectivity index (χ1n) is 8.65. The van der Waals surface area contributed by atoms with Gasteiger partial charge >= 0.3 is 0 Å². The summed E-state index contributed by atoms with van der Waals surface area (Å²) in [4.78, 5) is 11.1. The van der Waals surface area contributed by atoms with E-state index < -0.39 is 5.24 Å². The van der Waals surface area contributed by atoms with Crippen LogP contribution in [0.25, 0.3) is 0 Å². The molecule has 0 unspecified atom stereocenters. The van der Waals surface area contributed by atoms with Gasteiger partial charge in [-0.05, 0) is 84.1 Å². The number of halogens is 1. The summed E-state index contributed by atoms with van der Waals surface area (Å²) in [6.07, 6.45) is 2.39. The van der Waals surface area contributed by atoms with Crippen LogP contribution in [0.4, 0.5) is 0 Å². The Morgan fingerprint density at radius 3 is 1.48 bits per heavy atom. The van der Waals surface area contributed by atoms with E-state index in [2.05, 4.69) is 119 Å². The topological polar surface area (TPSA) is 35.5 Å². The lowest BCUT2D eigenvalue weighted by atomic mass is 10.2. The molecule has 0 radical (unpaired) electrons. The second-order valence-corrected chi connectivity index (χ2v) is 5.19. The first kappa shape index (κ1) is 25.4. The number of methoxy groups -OCH3 is 1. The molecule has 4 heteroatoms. The molecule has 0 spiro atoms. The molecule has 0 aliphatic carbocycles. The van der Waals surface area contributed by atoms with Crippen LogP contribution in [0.5, 0.6) is 11.5 Å². The fourth-order valence-corrected chi connectivity index (χ4v) is 1.66. The smallest absolute Gasteiger partial charge is 0.252 e. The van der Waals surface area contributed by atoms with Crippen molar-refractivity contribution in [2.75, 3.05) is 7.11 Å². The van der Waals surface area contributed by atoms with Gasteiger partial charge in [0.1, 0.15) is 6.11 Å². The van der Waals surface area contributed by atoms with Crippen molar-refractivity contribution in [2.24, 2.45) is 0 Å². The van der Waals surface area contributed by atoms with E-state index >= 15 is 0 Å². The van der Waals surface area contributed by atoms with Gasteiger partial charge in [0.05, 0.1) is 7.11 Å². The van der Waals surface area contributed by atoms with Crippen molar-refractivity contribution in [3.8, 4) is 130 Å². The lowest BCUT2D eigenvalue weighted by molar-refractivity contribution is 0.108. The molecule has 1 aromatic carbocycles. The third-order valence-corrected chi connectivity index (χ3v) is 3.01. The Labute approximate surface area is 199 Å². The van der Waals surface area contributed by atoms with E-state index in [0.717, 1.165) is 0 Å². The molecule has 0 saturated heterocycles. The molecule has 0 fully saturated rings. The van der Waals surface area contributed by atoms with Gasteiger partial charge < -0.3 is 9.47 Å². The molecule has 33 heavy (non-hydrogen) atoms. The number of benzene rings is 1. The summed E-state index contributed by atoms with van der Waals surface area (Å²) in [6.45, 7) is 1.69. The van der Waals surface area contributed by atoms with E-state index in [-0.39, 0.29) is 5.56 Å². The Hall–Kier alpha value is -5.62. The molecule has 1 aromatic rings. The zero-order chi connectivity index (χ0) is 24.0. The third kappa shape index (κ3) is 12.5. The van der Waals surface area contributed by atoms with Crippen molar-refractivity contribution >= 4 is 16.8 Å². The summed E-state index contributed by atoms with van der Waals surface area (Å²) in [5, 5.41) is -0.603. The molecule has 0 aromatic heterocycles. The van der Waals surface area contributed by atoms with Crippen LogP contribution in [-0.2, 0) is 0 Å². The predicted octanol–water partition coefficient (Wildman–Crippen LogP) is 2.46. The summed E-state index contributed by atoms with van der Waals surface area (Å²) in [5.74, 6) is 48.3. The second-order valence-electron chi connectivity index (χ2n) is 4.84. The van der Waals surface area contributed by atoms with Gasteiger partial charge in [-0.3, -0.25) is 4.79 Å². The fourth-order valence-electron chi connectivity index (χ4n) is 1.54. The molecular weight excluding hydrogens is 432 g/mol. The van der Waals surface area contributed by atoms with Crippen LogP contribution in [0.15, 0.2) is 18.2 Å². The number of hydrogen-bond acceptors (Lipinski definition) is 3. The fraction of sp³-hybridized carbons (Fsp3) is 0.0690. The van der Waals surface area contributed by atoms with E-state index in [1.807, 2.05) is 0 Å². The normalized spacial score (nSPS) is 6.15. The third-order valence-electron chi connectivity index (χ3n) is 2.79. The molecule has 0 amide bonds. The van der Waals surface area contributed by atoms with Gasteiger partial charge in [0.25, 0.3) is 5.24 Å². The van der Waals surface area contributed by atoms with Crippen molar-refractivity contribution in [3.63, 3.8) is 0 Å². The Bertz CT molecular complexity index is 1560. The number of carbonyl (C=O) groups excluding carboxylic acids is 1. The van der Waals surface area contributed by atoms with Gasteiger partial charge in [-0.1, -0.05) is 5.92 Å². The van der Waals surface area contributed by atoms with E-state index in [9.17, 15) is 4.79 Å². The highest BCUT2D eigenvalue weighted by Gasteiger charge is 2.08. The zero-order valence-electron chi connectivity index (χ0n) is 17.3. The summed E-state index contributed by atoms with van der Waals surface area (Å²) >= 11 is 5.42. The summed E-state index contributed by atoms with van der Waals surface area (Å²) < 4.78 is 10.3. The van der Waals surface area contributed by atoms with Gasteiger partial charge in [0.2, 0.25) is 0 Å². The van der Waals surface area contributed by atoms with Crippen LogP contribution in [0.3, 0.4) is 0 Å². The van der Waals surface area contributed by atoms with Crippen LogP contribution in [0.2, 0.25) is 0 Å². The van der Waals surface area contributed by atoms with Crippen LogP contribution in [0.1, 0.15) is 17.3 Å². The number of hydrogen-bond donors (Lipinski definition) is 0. The van der Waals surface area contributed by atoms with Gasteiger partial charge in [0, 0.05) is 64.8 Å². The highest BCUT2D eigenvalue weighted by atomic mass is 35.5. The van der Waals surface area contributed by atoms with E-state index in [4.69, 9.17) is 21.1 Å². The molecular formula is C29H9ClO3. The maximum absolute atomic E-state index is 11.1. The Morgan fingerprint density at radius 1 is 0.667 bits per heavy atom. The molecule has 1 rings (SSSR count). The van der Waals surface area contributed by atoms with Crippen molar-refractivity contribution in [2.45, 2.75) is 6.92 Å². The van der Waals surface area contributed by atoms with E-state index in [0.29, 0.717) is 11.5 Å². The van der Waals surface area contributed by atoms with Crippen LogP contribution in [0, 0.1) is 119 Å². The average Bonchev–Trinajstić information content (AvgIpc) is 2.82. The molecule has 0 N–H and O–H groups in total. The highest BCUT2D eigenvalue weighted by molar-refractivity contribution is 6.67. The first-order chi connectivity index (χ1) is 16.2. The van der Waals surface area contributed by atoms with Crippen LogP contribution in [-0.4, -0.2) is 12.4 Å². The Balaban J connectivity index is 2.54. The van der Waals surface area contributed by atoms with Gasteiger partial charge in [-0.15, -0.1) is 0 Å². The SMILES string of the molecule is CC#CC#CC#CC#CC#CC#CC#CC#CC#CC#COc1ccc(C(=O)Cl)cc1OC. The quantitative estimate of drug-likeness (QED) is 0.535. The molecule has 3 nitrogen and oxygen atoms in total. The first-order valence-corrected chi connectivity index (χ1v) is 9.03. The monoisotopic (exact) mass is 440 g/mol. The van der Waals surface area contributed by atoms with Crippen molar-refractivity contribution < 1.29 is 14.3 Å². The average molecular weight is 441 g/mol. The lowest BCUT2D eigenvalue weighted by Crippen LogP contribution is -1.94. The molecule has 0 saturated carbocycles. The lowest BCUT2D eigenvalue weighted by Gasteiger charge is -2.06. The second kappa shape index (κ2) is 17.3. The van der Waals surface area contributed by atoms with E-state index in [1.165, 1.54) is 25.3 Å². The summed E-state index contributed by atoms with van der Waals surface area (Å²) in [5.41, 5.74) is 0.279. The highest BCUT2D eigenvalue weighted by Crippen LogP contribution is 2.28. The minimum atomic E-state index is -0.603. The number of carbonyl (C=O) groups is 1. The van der Waals surface area contributed by atoms with Crippen molar-refractivity contribution in [3.05, 3.63) is 23.8 Å². The molecule has 150 valence electrons. The van der Waals surface area contributed by atoms with Gasteiger partial charge in [0.15, 0.2) is 11.5 Å². The minimum absolute atomic E-state index is 0.279. The maximum atomic E-state index is 11.1. The summed E-state index contributed by atoms with van der Waals surface area (Å²) in [7, 11) is 1.43. The Morgan fingerprint density at radius 2 is 1.09 bits per heavy atom. The summed E-state index contributed by atoms with van der Waals surface area (Å²) in [6, 6.07) is 4.45. The van der Waals surface area contributed by atoms with E-state index in [1.54, 1.807) is 6.92 Å². The van der Waals surface area contributed by atoms with Crippen LogP contribution < -0.4 is 9.47 Å². The molecule has 0 heterocycles. The number of ether oxygens (including phenoxy) is 2. The molecule has 0 aliphatic heterocycles. The van der Waals surface area contributed by atoms with Gasteiger partial charge in [-0.2, -0.15) is 0 Å².